The summed E-state index contributed by atoms with van der Waals surface area (Å²) in [5.74, 6) is 0.492. The predicted molar refractivity (Wildman–Crippen MR) is 51.7 cm³/mol. The molecule has 13 heavy (non-hydrogen) atoms. The first-order chi connectivity index (χ1) is 6.16. The van der Waals surface area contributed by atoms with Crippen molar-refractivity contribution in [2.75, 3.05) is 5.73 Å². The van der Waals surface area contributed by atoms with Gasteiger partial charge in [0.1, 0.15) is 0 Å². The van der Waals surface area contributed by atoms with Crippen LogP contribution in [0.3, 0.4) is 0 Å². The van der Waals surface area contributed by atoms with E-state index in [0.717, 1.165) is 10.4 Å². The molecule has 0 radical (unpaired) electrons. The number of aromatic nitrogens is 3. The van der Waals surface area contributed by atoms with Gasteiger partial charge >= 0.3 is 5.69 Å². The minimum atomic E-state index is -0.321. The van der Waals surface area contributed by atoms with E-state index in [2.05, 4.69) is 15.2 Å². The third-order valence-electron chi connectivity index (χ3n) is 1.64. The number of anilines is 1. The van der Waals surface area contributed by atoms with Crippen LogP contribution in [0.1, 0.15) is 4.88 Å². The number of nitrogens with zero attached hydrogens (tertiary/aromatic N) is 1. The zero-order valence-corrected chi connectivity index (χ0v) is 7.73. The van der Waals surface area contributed by atoms with Crippen LogP contribution in [-0.2, 0) is 0 Å². The molecule has 0 aromatic carbocycles. The largest absolute Gasteiger partial charge is 0.390 e. The van der Waals surface area contributed by atoms with E-state index in [9.17, 15) is 4.79 Å². The zero-order chi connectivity index (χ0) is 9.42. The highest BCUT2D eigenvalue weighted by atomic mass is 32.1. The number of nitrogens with one attached hydrogen (secondary N) is 2. The maximum Gasteiger partial charge on any atom is 0.340 e. The van der Waals surface area contributed by atoms with Crippen molar-refractivity contribution in [1.82, 2.24) is 15.2 Å². The Hall–Kier alpha value is -1.56. The second-order valence-electron chi connectivity index (χ2n) is 2.66. The maximum atomic E-state index is 10.8. The van der Waals surface area contributed by atoms with Crippen LogP contribution in [0.15, 0.2) is 10.9 Å². The predicted octanol–water partition coefficient (Wildman–Crippen LogP) is 0.717. The van der Waals surface area contributed by atoms with Gasteiger partial charge in [-0.3, -0.25) is 4.98 Å². The first-order valence-electron chi connectivity index (χ1n) is 3.68. The molecule has 2 rings (SSSR count). The summed E-state index contributed by atoms with van der Waals surface area (Å²) in [6.07, 6.45) is 0. The zero-order valence-electron chi connectivity index (χ0n) is 6.92. The normalized spacial score (nSPS) is 10.5. The SMILES string of the molecule is Cc1cc(-c2n[nH]c(=O)[nH]2)c(N)s1. The Morgan fingerprint density at radius 3 is 2.85 bits per heavy atom. The summed E-state index contributed by atoms with van der Waals surface area (Å²) in [7, 11) is 0. The van der Waals surface area contributed by atoms with Crippen LogP contribution in [-0.4, -0.2) is 15.2 Å². The molecule has 0 aliphatic heterocycles. The maximum absolute atomic E-state index is 10.8. The average molecular weight is 196 g/mol. The van der Waals surface area contributed by atoms with Crippen molar-refractivity contribution in [3.63, 3.8) is 0 Å². The Balaban J connectivity index is 2.57. The molecule has 6 heteroatoms. The minimum absolute atomic E-state index is 0.321. The van der Waals surface area contributed by atoms with Crippen molar-refractivity contribution in [2.24, 2.45) is 0 Å². The first kappa shape index (κ1) is 8.06. The lowest BCUT2D eigenvalue weighted by Gasteiger charge is -1.90. The molecule has 2 aromatic rings. The molecule has 0 fully saturated rings. The Labute approximate surface area is 77.6 Å². The van der Waals surface area contributed by atoms with Crippen LogP contribution in [0.2, 0.25) is 0 Å². The van der Waals surface area contributed by atoms with Gasteiger partial charge in [0.25, 0.3) is 0 Å². The lowest BCUT2D eigenvalue weighted by Crippen LogP contribution is -2.00. The molecule has 2 aromatic heterocycles. The van der Waals surface area contributed by atoms with E-state index >= 15 is 0 Å². The van der Waals surface area contributed by atoms with Gasteiger partial charge in [-0.05, 0) is 13.0 Å². The molecule has 0 aliphatic rings. The van der Waals surface area contributed by atoms with Gasteiger partial charge in [-0.1, -0.05) is 0 Å². The molecule has 5 nitrogen and oxygen atoms in total. The van der Waals surface area contributed by atoms with Crippen LogP contribution in [0.5, 0.6) is 0 Å². The monoisotopic (exact) mass is 196 g/mol. The molecular weight excluding hydrogens is 188 g/mol. The van der Waals surface area contributed by atoms with Gasteiger partial charge in [0.05, 0.1) is 10.6 Å². The van der Waals surface area contributed by atoms with Gasteiger partial charge in [0, 0.05) is 4.88 Å². The Bertz CT molecular complexity index is 481. The van der Waals surface area contributed by atoms with Crippen LogP contribution in [0.4, 0.5) is 5.00 Å². The van der Waals surface area contributed by atoms with E-state index in [-0.39, 0.29) is 5.69 Å². The van der Waals surface area contributed by atoms with Gasteiger partial charge in [-0.25, -0.2) is 9.89 Å². The topological polar surface area (TPSA) is 87.6 Å². The summed E-state index contributed by atoms with van der Waals surface area (Å²) >= 11 is 1.48. The van der Waals surface area contributed by atoms with E-state index in [0.29, 0.717) is 10.8 Å². The van der Waals surface area contributed by atoms with Crippen LogP contribution in [0.25, 0.3) is 11.4 Å². The molecule has 0 atom stereocenters. The number of aryl methyl sites for hydroxylation is 1. The number of hydrogen-bond acceptors (Lipinski definition) is 4. The smallest absolute Gasteiger partial charge is 0.340 e. The first-order valence-corrected chi connectivity index (χ1v) is 4.49. The van der Waals surface area contributed by atoms with E-state index in [1.54, 1.807) is 0 Å². The Morgan fingerprint density at radius 1 is 1.62 bits per heavy atom. The summed E-state index contributed by atoms with van der Waals surface area (Å²) in [6, 6.07) is 1.89. The second kappa shape index (κ2) is 2.74. The van der Waals surface area contributed by atoms with E-state index < -0.39 is 0 Å². The lowest BCUT2D eigenvalue weighted by atomic mass is 10.3. The molecule has 0 aliphatic carbocycles. The highest BCUT2D eigenvalue weighted by Gasteiger charge is 2.09. The fourth-order valence-electron chi connectivity index (χ4n) is 1.12. The van der Waals surface area contributed by atoms with Crippen molar-refractivity contribution in [1.29, 1.82) is 0 Å². The molecule has 0 spiro atoms. The van der Waals surface area contributed by atoms with Gasteiger partial charge in [-0.2, -0.15) is 5.10 Å². The summed E-state index contributed by atoms with van der Waals surface area (Å²) in [4.78, 5) is 14.4. The number of rotatable bonds is 1. The Morgan fingerprint density at radius 2 is 2.38 bits per heavy atom. The average Bonchev–Trinajstić information content (AvgIpc) is 2.58. The second-order valence-corrected chi connectivity index (χ2v) is 3.95. The van der Waals surface area contributed by atoms with Gasteiger partial charge in [-0.15, -0.1) is 11.3 Å². The molecule has 4 N–H and O–H groups in total. The fraction of sp³-hybridized carbons (Fsp3) is 0.143. The molecule has 0 saturated carbocycles. The number of thiophene rings is 1. The van der Waals surface area contributed by atoms with Crippen molar-refractivity contribution < 1.29 is 0 Å². The molecule has 0 saturated heterocycles. The fourth-order valence-corrected chi connectivity index (χ4v) is 1.90. The molecule has 2 heterocycles. The van der Waals surface area contributed by atoms with Gasteiger partial charge in [0.2, 0.25) is 0 Å². The molecule has 0 amide bonds. The third-order valence-corrected chi connectivity index (χ3v) is 2.52. The van der Waals surface area contributed by atoms with Crippen LogP contribution in [0, 0.1) is 6.92 Å². The molecule has 0 unspecified atom stereocenters. The minimum Gasteiger partial charge on any atom is -0.390 e. The molecular formula is C7H8N4OS. The van der Waals surface area contributed by atoms with E-state index in [1.165, 1.54) is 11.3 Å². The van der Waals surface area contributed by atoms with Gasteiger partial charge in [0.15, 0.2) is 5.82 Å². The number of hydrogen-bond donors (Lipinski definition) is 3. The summed E-state index contributed by atoms with van der Waals surface area (Å²) < 4.78 is 0. The summed E-state index contributed by atoms with van der Waals surface area (Å²) in [6.45, 7) is 1.95. The molecule has 68 valence electrons. The van der Waals surface area contributed by atoms with Crippen molar-refractivity contribution in [3.8, 4) is 11.4 Å². The summed E-state index contributed by atoms with van der Waals surface area (Å²) in [5, 5.41) is 6.75. The number of H-pyrrole nitrogens is 2. The Kier molecular flexibility index (Phi) is 1.70. The highest BCUT2D eigenvalue weighted by molar-refractivity contribution is 7.16. The van der Waals surface area contributed by atoms with E-state index in [4.69, 9.17) is 5.73 Å². The lowest BCUT2D eigenvalue weighted by molar-refractivity contribution is 1.05. The van der Waals surface area contributed by atoms with Crippen molar-refractivity contribution in [3.05, 3.63) is 21.4 Å². The van der Waals surface area contributed by atoms with Crippen molar-refractivity contribution in [2.45, 2.75) is 6.92 Å². The van der Waals surface area contributed by atoms with Crippen molar-refractivity contribution >= 4 is 16.3 Å². The van der Waals surface area contributed by atoms with Crippen LogP contribution >= 0.6 is 11.3 Å². The number of nitrogens with two attached hydrogens (primary N) is 1. The number of aromatic amines is 2. The molecule has 0 bridgehead atoms. The van der Waals surface area contributed by atoms with Crippen LogP contribution < -0.4 is 11.4 Å². The standard InChI is InChI=1S/C7H8N4OS/c1-3-2-4(5(8)13-3)6-9-7(12)11-10-6/h2H,8H2,1H3,(H2,9,10,11,12). The summed E-state index contributed by atoms with van der Waals surface area (Å²) in [5.41, 5.74) is 6.18. The number of nitrogen functional groups attached to an aromatic ring is 1. The van der Waals surface area contributed by atoms with Gasteiger partial charge < -0.3 is 5.73 Å². The highest BCUT2D eigenvalue weighted by Crippen LogP contribution is 2.30. The quantitative estimate of drug-likeness (QED) is 0.628. The third kappa shape index (κ3) is 1.35. The van der Waals surface area contributed by atoms with E-state index in [1.807, 2.05) is 13.0 Å².